The van der Waals surface area contributed by atoms with Gasteiger partial charge in [-0.2, -0.15) is 6.82 Å². The van der Waals surface area contributed by atoms with Crippen molar-refractivity contribution in [2.75, 3.05) is 26.2 Å². The van der Waals surface area contributed by atoms with Gasteiger partial charge in [-0.05, 0) is 37.8 Å². The molecule has 0 aliphatic rings. The van der Waals surface area contributed by atoms with E-state index in [1.807, 2.05) is 12.1 Å². The fourth-order valence-electron chi connectivity index (χ4n) is 7.62. The second-order valence-electron chi connectivity index (χ2n) is 15.1. The van der Waals surface area contributed by atoms with E-state index in [1.165, 1.54) is 110 Å². The molecule has 5 rings (SSSR count). The van der Waals surface area contributed by atoms with Crippen LogP contribution in [0.25, 0.3) is 0 Å². The molecule has 1 atom stereocenters. The predicted octanol–water partition coefficient (Wildman–Crippen LogP) is 10.6. The Balaban J connectivity index is 0.000000213. The standard InChI is InChI=1S/C19H18B.C16H36N.C13H13BCl/c1-4-10-16(11-5-1)19(17-12-6-2-7-13-17)20-18-14-8-3-9-15-18;1-5-9-13-17(14-10-6-2,15-11-7-3)16-12-8-4;1-14(11-5-3-2-4-6-11)12-7-9-13(15)10-8-12/h1-15,19H,20H2;5-16H2,1-4H3;2-10,14H,1H3/q-1;+1;-1. The summed E-state index contributed by atoms with van der Waals surface area (Å²) in [5.41, 5.74) is 7.17. The van der Waals surface area contributed by atoms with Crippen molar-refractivity contribution < 1.29 is 4.48 Å². The highest BCUT2D eigenvalue weighted by Crippen LogP contribution is 2.23. The van der Waals surface area contributed by atoms with Crippen molar-refractivity contribution in [2.45, 2.75) is 91.7 Å². The number of quaternary nitrogens is 1. The third-order valence-corrected chi connectivity index (χ3v) is 11.3. The zero-order valence-electron chi connectivity index (χ0n) is 33.5. The van der Waals surface area contributed by atoms with Gasteiger partial charge in [0.2, 0.25) is 0 Å². The van der Waals surface area contributed by atoms with Crippen LogP contribution in [0.15, 0.2) is 146 Å². The Bertz CT molecular complexity index is 1490. The Kier molecular flexibility index (Phi) is 21.0. The minimum Gasteiger partial charge on any atom is -0.324 e. The molecule has 0 aromatic heterocycles. The lowest BCUT2D eigenvalue weighted by Gasteiger charge is -2.39. The van der Waals surface area contributed by atoms with Gasteiger partial charge in [0.15, 0.2) is 0 Å². The summed E-state index contributed by atoms with van der Waals surface area (Å²) >= 11 is 5.87. The lowest BCUT2D eigenvalue weighted by Crippen LogP contribution is -2.50. The van der Waals surface area contributed by atoms with Crippen molar-refractivity contribution in [1.29, 1.82) is 0 Å². The molecule has 4 heteroatoms. The summed E-state index contributed by atoms with van der Waals surface area (Å²) in [5.74, 6) is 0.541. The van der Waals surface area contributed by atoms with E-state index in [0.29, 0.717) is 5.82 Å². The number of hydrogen-bond acceptors (Lipinski definition) is 0. The Morgan fingerprint density at radius 1 is 0.481 bits per heavy atom. The SMILES string of the molecule is CCCC[N+](CCCC)(CCCC)CCCC.C[BH-](c1ccccc1)c1ccc(Cl)cc1.[BH2-](c1ccccc1)C(c1ccccc1)c1ccccc1. The maximum atomic E-state index is 5.87. The maximum absolute atomic E-state index is 5.87. The molecule has 0 saturated heterocycles. The Morgan fingerprint density at radius 2 is 0.827 bits per heavy atom. The summed E-state index contributed by atoms with van der Waals surface area (Å²) < 4.78 is 1.42. The van der Waals surface area contributed by atoms with Gasteiger partial charge in [0.1, 0.15) is 0 Å². The third kappa shape index (κ3) is 15.6. The first-order valence-electron chi connectivity index (χ1n) is 20.8. The zero-order chi connectivity index (χ0) is 37.3. The van der Waals surface area contributed by atoms with E-state index in [9.17, 15) is 0 Å². The van der Waals surface area contributed by atoms with Gasteiger partial charge in [0.05, 0.1) is 26.2 Å². The molecule has 0 spiro atoms. The molecular weight excluding hydrogens is 648 g/mol. The van der Waals surface area contributed by atoms with Crippen LogP contribution in [0.5, 0.6) is 0 Å². The van der Waals surface area contributed by atoms with E-state index in [-0.39, 0.29) is 7.28 Å². The Hall–Kier alpha value is -3.52. The summed E-state index contributed by atoms with van der Waals surface area (Å²) in [6, 6.07) is 51.5. The highest BCUT2D eigenvalue weighted by atomic mass is 35.5. The average molecular weight is 715 g/mol. The largest absolute Gasteiger partial charge is 0.324 e. The summed E-state index contributed by atoms with van der Waals surface area (Å²) in [5, 5.41) is 0.804. The van der Waals surface area contributed by atoms with E-state index in [0.717, 1.165) is 5.02 Å². The number of unbranched alkanes of at least 4 members (excludes halogenated alkanes) is 4. The molecule has 278 valence electrons. The Morgan fingerprint density at radius 3 is 1.21 bits per heavy atom. The van der Waals surface area contributed by atoms with E-state index in [4.69, 9.17) is 11.6 Å². The fourth-order valence-corrected chi connectivity index (χ4v) is 7.75. The molecular formula is C48H67B2ClN-. The van der Waals surface area contributed by atoms with E-state index < -0.39 is 6.71 Å². The van der Waals surface area contributed by atoms with Gasteiger partial charge < -0.3 is 4.48 Å². The molecule has 0 radical (unpaired) electrons. The van der Waals surface area contributed by atoms with Gasteiger partial charge in [0.25, 0.3) is 0 Å². The molecule has 1 nitrogen and oxygen atoms in total. The van der Waals surface area contributed by atoms with Crippen LogP contribution in [0.1, 0.15) is 96.0 Å². The van der Waals surface area contributed by atoms with Crippen molar-refractivity contribution in [2.24, 2.45) is 0 Å². The number of benzene rings is 5. The fraction of sp³-hybridized carbons (Fsp3) is 0.375. The van der Waals surface area contributed by atoms with Gasteiger partial charge in [-0.15, -0.1) is 5.82 Å². The summed E-state index contributed by atoms with van der Waals surface area (Å²) in [4.78, 5) is 0. The van der Waals surface area contributed by atoms with Crippen LogP contribution in [0.2, 0.25) is 11.8 Å². The van der Waals surface area contributed by atoms with Crippen molar-refractivity contribution in [3.63, 3.8) is 0 Å². The van der Waals surface area contributed by atoms with Crippen LogP contribution in [-0.4, -0.2) is 44.7 Å². The molecule has 0 bridgehead atoms. The van der Waals surface area contributed by atoms with E-state index in [1.54, 1.807) is 0 Å². The first-order valence-corrected chi connectivity index (χ1v) is 21.2. The molecule has 0 amide bonds. The predicted molar refractivity (Wildman–Crippen MR) is 239 cm³/mol. The minimum atomic E-state index is -0.431. The first kappa shape index (κ1) is 42.9. The van der Waals surface area contributed by atoms with Gasteiger partial charge in [-0.25, -0.2) is 16.4 Å². The lowest BCUT2D eigenvalue weighted by molar-refractivity contribution is -0.929. The smallest absolute Gasteiger partial charge is 0.0786 e. The van der Waals surface area contributed by atoms with Crippen molar-refractivity contribution in [1.82, 2.24) is 0 Å². The van der Waals surface area contributed by atoms with Crippen LogP contribution in [-0.2, 0) is 0 Å². The highest BCUT2D eigenvalue weighted by Gasteiger charge is 2.24. The Labute approximate surface area is 324 Å². The monoisotopic (exact) mass is 715 g/mol. The average Bonchev–Trinajstić information content (AvgIpc) is 3.21. The van der Waals surface area contributed by atoms with Gasteiger partial charge in [-0.3, -0.25) is 0 Å². The molecule has 0 aliphatic heterocycles. The molecule has 1 unspecified atom stereocenters. The highest BCUT2D eigenvalue weighted by molar-refractivity contribution is 6.84. The van der Waals surface area contributed by atoms with E-state index in [2.05, 4.69) is 168 Å². The molecule has 0 saturated carbocycles. The summed E-state index contributed by atoms with van der Waals surface area (Å²) in [6.45, 7) is 16.9. The lowest BCUT2D eigenvalue weighted by atomic mass is 9.43. The number of rotatable bonds is 18. The number of hydrogen-bond donors (Lipinski definition) is 0. The summed E-state index contributed by atoms with van der Waals surface area (Å²) in [6.07, 6.45) is 11.1. The molecule has 0 heterocycles. The second-order valence-corrected chi connectivity index (χ2v) is 15.6. The van der Waals surface area contributed by atoms with Crippen LogP contribution >= 0.6 is 11.6 Å². The summed E-state index contributed by atoms with van der Waals surface area (Å²) in [7, 11) is -0.251. The number of nitrogens with zero attached hydrogens (tertiary/aromatic N) is 1. The topological polar surface area (TPSA) is 0 Å². The molecule has 5 aromatic rings. The van der Waals surface area contributed by atoms with Crippen LogP contribution in [0, 0.1) is 0 Å². The first-order chi connectivity index (χ1) is 25.4. The van der Waals surface area contributed by atoms with E-state index >= 15 is 0 Å². The minimum absolute atomic E-state index is 0.251. The van der Waals surface area contributed by atoms with Crippen LogP contribution in [0.4, 0.5) is 0 Å². The van der Waals surface area contributed by atoms with Crippen LogP contribution < -0.4 is 16.4 Å². The van der Waals surface area contributed by atoms with Gasteiger partial charge >= 0.3 is 0 Å². The molecule has 0 N–H and O–H groups in total. The molecule has 0 aliphatic carbocycles. The molecule has 52 heavy (non-hydrogen) atoms. The molecule has 0 fully saturated rings. The van der Waals surface area contributed by atoms with Crippen molar-refractivity contribution >= 4 is 42.0 Å². The normalized spacial score (nSPS) is 11.6. The van der Waals surface area contributed by atoms with Crippen molar-refractivity contribution in [3.8, 4) is 0 Å². The quantitative estimate of drug-likeness (QED) is 0.0626. The molecule has 5 aromatic carbocycles. The van der Waals surface area contributed by atoms with Crippen LogP contribution in [0.3, 0.4) is 0 Å². The van der Waals surface area contributed by atoms with Crippen molar-refractivity contribution in [3.05, 3.63) is 162 Å². The second kappa shape index (κ2) is 25.5. The van der Waals surface area contributed by atoms with Gasteiger partial charge in [0, 0.05) is 19.0 Å². The van der Waals surface area contributed by atoms with Gasteiger partial charge in [-0.1, -0.05) is 210 Å². The third-order valence-electron chi connectivity index (χ3n) is 11.1. The number of halogens is 1. The zero-order valence-corrected chi connectivity index (χ0v) is 34.2. The maximum Gasteiger partial charge on any atom is 0.0786 e.